The lowest BCUT2D eigenvalue weighted by Gasteiger charge is -2.13. The van der Waals surface area contributed by atoms with Crippen LogP contribution in [0.3, 0.4) is 0 Å². The van der Waals surface area contributed by atoms with E-state index in [1.54, 1.807) is 18.5 Å². The number of thiophene rings is 1. The molecule has 1 atom stereocenters. The number of amides is 1. The minimum atomic E-state index is -0.188. The first kappa shape index (κ1) is 15.3. The Morgan fingerprint density at radius 1 is 1.23 bits per heavy atom. The van der Waals surface area contributed by atoms with Gasteiger partial charge < -0.3 is 5.32 Å². The van der Waals surface area contributed by atoms with Crippen molar-refractivity contribution in [1.82, 2.24) is 10.3 Å². The molecule has 0 aliphatic rings. The van der Waals surface area contributed by atoms with E-state index in [0.29, 0.717) is 14.9 Å². The number of nitrogens with zero attached hydrogens (tertiary/aromatic N) is 1. The van der Waals surface area contributed by atoms with Gasteiger partial charge in [0.15, 0.2) is 0 Å². The van der Waals surface area contributed by atoms with E-state index in [1.807, 2.05) is 31.2 Å². The van der Waals surface area contributed by atoms with Gasteiger partial charge in [-0.2, -0.15) is 0 Å². The summed E-state index contributed by atoms with van der Waals surface area (Å²) in [6.45, 7) is 1.92. The molecule has 0 aliphatic heterocycles. The van der Waals surface area contributed by atoms with E-state index in [2.05, 4.69) is 10.3 Å². The number of rotatable bonds is 3. The predicted octanol–water partition coefficient (Wildman–Crippen LogP) is 5.09. The molecular formula is C16H12Cl2N2OS. The fraction of sp³-hybridized carbons (Fsp3) is 0.125. The summed E-state index contributed by atoms with van der Waals surface area (Å²) in [5.41, 5.74) is 0.989. The van der Waals surface area contributed by atoms with E-state index in [-0.39, 0.29) is 11.9 Å². The molecule has 0 bridgehead atoms. The van der Waals surface area contributed by atoms with Crippen LogP contribution in [0.2, 0.25) is 10.0 Å². The number of hydrogen-bond acceptors (Lipinski definition) is 3. The SMILES string of the molecule is C[C@@H](NC(=O)c1sc2cc(Cl)ccc2c1Cl)c1ccncc1. The number of carbonyl (C=O) groups is 1. The van der Waals surface area contributed by atoms with Gasteiger partial charge in [-0.15, -0.1) is 11.3 Å². The van der Waals surface area contributed by atoms with Crippen LogP contribution in [0.1, 0.15) is 28.2 Å². The van der Waals surface area contributed by atoms with Crippen LogP contribution in [0, 0.1) is 0 Å². The fourth-order valence-corrected chi connectivity index (χ4v) is 3.88. The van der Waals surface area contributed by atoms with Crippen LogP contribution in [0.25, 0.3) is 10.1 Å². The second-order valence-corrected chi connectivity index (χ2v) is 6.73. The van der Waals surface area contributed by atoms with Crippen molar-refractivity contribution in [3.63, 3.8) is 0 Å². The third-order valence-corrected chi connectivity index (χ3v) is 5.24. The fourth-order valence-electron chi connectivity index (χ4n) is 2.18. The van der Waals surface area contributed by atoms with Crippen LogP contribution in [-0.4, -0.2) is 10.9 Å². The van der Waals surface area contributed by atoms with Gasteiger partial charge in [0.1, 0.15) is 4.88 Å². The molecule has 0 saturated carbocycles. The maximum Gasteiger partial charge on any atom is 0.263 e. The number of benzene rings is 1. The Balaban J connectivity index is 1.88. The van der Waals surface area contributed by atoms with Gasteiger partial charge >= 0.3 is 0 Å². The lowest BCUT2D eigenvalue weighted by atomic mass is 10.1. The van der Waals surface area contributed by atoms with Gasteiger partial charge in [0.2, 0.25) is 0 Å². The maximum absolute atomic E-state index is 12.5. The molecule has 1 amide bonds. The molecule has 0 fully saturated rings. The van der Waals surface area contributed by atoms with Crippen LogP contribution in [0.15, 0.2) is 42.7 Å². The second-order valence-electron chi connectivity index (χ2n) is 4.86. The summed E-state index contributed by atoms with van der Waals surface area (Å²) < 4.78 is 0.902. The first-order valence-electron chi connectivity index (χ1n) is 6.64. The molecular weight excluding hydrogens is 339 g/mol. The zero-order valence-corrected chi connectivity index (χ0v) is 14.0. The van der Waals surface area contributed by atoms with Gasteiger partial charge in [0, 0.05) is 27.5 Å². The lowest BCUT2D eigenvalue weighted by Crippen LogP contribution is -2.26. The second kappa shape index (κ2) is 6.24. The maximum atomic E-state index is 12.5. The van der Waals surface area contributed by atoms with Crippen LogP contribution >= 0.6 is 34.5 Å². The van der Waals surface area contributed by atoms with Crippen molar-refractivity contribution in [2.45, 2.75) is 13.0 Å². The van der Waals surface area contributed by atoms with Gasteiger partial charge in [-0.25, -0.2) is 0 Å². The van der Waals surface area contributed by atoms with E-state index in [4.69, 9.17) is 23.2 Å². The van der Waals surface area contributed by atoms with Gasteiger partial charge in [0.25, 0.3) is 5.91 Å². The monoisotopic (exact) mass is 350 g/mol. The standard InChI is InChI=1S/C16H12Cl2N2OS/c1-9(10-4-6-19-7-5-10)20-16(21)15-14(18)12-3-2-11(17)8-13(12)22-15/h2-9H,1H3,(H,20,21)/t9-/m1/s1. The third-order valence-electron chi connectivity index (χ3n) is 3.35. The molecule has 1 aromatic carbocycles. The minimum Gasteiger partial charge on any atom is -0.345 e. The van der Waals surface area contributed by atoms with E-state index in [9.17, 15) is 4.79 Å². The molecule has 3 nitrogen and oxygen atoms in total. The van der Waals surface area contributed by atoms with Crippen LogP contribution in [0.5, 0.6) is 0 Å². The van der Waals surface area contributed by atoms with Gasteiger partial charge in [0.05, 0.1) is 11.1 Å². The summed E-state index contributed by atoms with van der Waals surface area (Å²) >= 11 is 13.7. The molecule has 3 rings (SSSR count). The van der Waals surface area contributed by atoms with E-state index in [1.165, 1.54) is 11.3 Å². The summed E-state index contributed by atoms with van der Waals surface area (Å²) in [5, 5.41) is 4.90. The highest BCUT2D eigenvalue weighted by molar-refractivity contribution is 7.21. The zero-order valence-electron chi connectivity index (χ0n) is 11.6. The summed E-state index contributed by atoms with van der Waals surface area (Å²) in [7, 11) is 0. The number of halogens is 2. The molecule has 2 heterocycles. The lowest BCUT2D eigenvalue weighted by molar-refractivity contribution is 0.0944. The summed E-state index contributed by atoms with van der Waals surface area (Å²) in [6, 6.07) is 9.04. The van der Waals surface area contributed by atoms with Crippen LogP contribution in [-0.2, 0) is 0 Å². The molecule has 0 saturated heterocycles. The zero-order chi connectivity index (χ0) is 15.7. The average Bonchev–Trinajstić information content (AvgIpc) is 2.84. The first-order valence-corrected chi connectivity index (χ1v) is 8.22. The highest BCUT2D eigenvalue weighted by Gasteiger charge is 2.19. The van der Waals surface area contributed by atoms with Crippen LogP contribution in [0.4, 0.5) is 0 Å². The number of hydrogen-bond donors (Lipinski definition) is 1. The molecule has 0 unspecified atom stereocenters. The largest absolute Gasteiger partial charge is 0.345 e. The molecule has 6 heteroatoms. The summed E-state index contributed by atoms with van der Waals surface area (Å²) in [4.78, 5) is 16.9. The van der Waals surface area contributed by atoms with Gasteiger partial charge in [-0.05, 0) is 36.8 Å². The Hall–Kier alpha value is -1.62. The van der Waals surface area contributed by atoms with Crippen molar-refractivity contribution >= 4 is 50.5 Å². The smallest absolute Gasteiger partial charge is 0.263 e. The molecule has 1 N–H and O–H groups in total. The van der Waals surface area contributed by atoms with Gasteiger partial charge in [-0.3, -0.25) is 9.78 Å². The van der Waals surface area contributed by atoms with Gasteiger partial charge in [-0.1, -0.05) is 29.3 Å². The van der Waals surface area contributed by atoms with E-state index < -0.39 is 0 Å². The summed E-state index contributed by atoms with van der Waals surface area (Å²) in [6.07, 6.45) is 3.40. The number of aromatic nitrogens is 1. The Morgan fingerprint density at radius 3 is 2.68 bits per heavy atom. The Morgan fingerprint density at radius 2 is 1.95 bits per heavy atom. The Kier molecular flexibility index (Phi) is 4.34. The third kappa shape index (κ3) is 2.95. The Bertz CT molecular complexity index is 833. The normalized spacial score (nSPS) is 12.3. The van der Waals surface area contributed by atoms with Crippen molar-refractivity contribution in [2.24, 2.45) is 0 Å². The predicted molar refractivity (Wildman–Crippen MR) is 92.0 cm³/mol. The summed E-state index contributed by atoms with van der Waals surface area (Å²) in [5.74, 6) is -0.188. The number of pyridine rings is 1. The highest BCUT2D eigenvalue weighted by Crippen LogP contribution is 2.36. The molecule has 0 radical (unpaired) electrons. The van der Waals surface area contributed by atoms with Crippen molar-refractivity contribution < 1.29 is 4.79 Å². The molecule has 0 spiro atoms. The van der Waals surface area contributed by atoms with Crippen LogP contribution < -0.4 is 5.32 Å². The van der Waals surface area contributed by atoms with Crippen molar-refractivity contribution in [3.05, 3.63) is 63.2 Å². The highest BCUT2D eigenvalue weighted by atomic mass is 35.5. The number of carbonyl (C=O) groups excluding carboxylic acids is 1. The minimum absolute atomic E-state index is 0.125. The molecule has 3 aromatic rings. The van der Waals surface area contributed by atoms with Crippen molar-refractivity contribution in [1.29, 1.82) is 0 Å². The number of fused-ring (bicyclic) bond motifs is 1. The Labute approximate surface area is 141 Å². The van der Waals surface area contributed by atoms with E-state index >= 15 is 0 Å². The van der Waals surface area contributed by atoms with E-state index in [0.717, 1.165) is 15.6 Å². The molecule has 2 aromatic heterocycles. The first-order chi connectivity index (χ1) is 10.6. The van der Waals surface area contributed by atoms with Crippen molar-refractivity contribution in [2.75, 3.05) is 0 Å². The molecule has 0 aliphatic carbocycles. The average molecular weight is 351 g/mol. The molecule has 22 heavy (non-hydrogen) atoms. The van der Waals surface area contributed by atoms with Crippen molar-refractivity contribution in [3.8, 4) is 0 Å². The topological polar surface area (TPSA) is 42.0 Å². The quantitative estimate of drug-likeness (QED) is 0.714. The molecule has 112 valence electrons. The number of nitrogens with one attached hydrogen (secondary N) is 1.